The largest absolute Gasteiger partial charge is 0.497 e. The number of pyridine rings is 1. The zero-order chi connectivity index (χ0) is 23.5. The number of hydrogen-bond acceptors (Lipinski definition) is 5. The van der Waals surface area contributed by atoms with Crippen molar-refractivity contribution >= 4 is 34.1 Å². The Morgan fingerprint density at radius 3 is 2.56 bits per heavy atom. The molecule has 0 saturated carbocycles. The fourth-order valence-corrected chi connectivity index (χ4v) is 4.17. The zero-order valence-electron chi connectivity index (χ0n) is 18.5. The number of ether oxygens (including phenoxy) is 2. The first-order valence-electron chi connectivity index (χ1n) is 10.9. The molecule has 170 valence electrons. The van der Waals surface area contributed by atoms with E-state index < -0.39 is 0 Å². The van der Waals surface area contributed by atoms with Crippen molar-refractivity contribution in [2.75, 3.05) is 13.7 Å². The van der Waals surface area contributed by atoms with Crippen LogP contribution >= 0.6 is 11.6 Å². The number of fused-ring (bicyclic) bond motifs is 1. The summed E-state index contributed by atoms with van der Waals surface area (Å²) < 4.78 is 11.2. The molecule has 4 aromatic rings. The quantitative estimate of drug-likeness (QED) is 0.364. The topological polar surface area (TPSA) is 64.0 Å². The SMILES string of the molecule is COc1ccc(C2CC(c3ccc(Cl)cc3)=NN2C(=O)COc2cccc3cccnc23)cc1. The highest BCUT2D eigenvalue weighted by atomic mass is 35.5. The van der Waals surface area contributed by atoms with Crippen molar-refractivity contribution < 1.29 is 14.3 Å². The fourth-order valence-electron chi connectivity index (χ4n) is 4.04. The van der Waals surface area contributed by atoms with Crippen LogP contribution in [0.2, 0.25) is 5.02 Å². The number of hydrazone groups is 1. The Morgan fingerprint density at radius 1 is 1.03 bits per heavy atom. The van der Waals surface area contributed by atoms with Crippen molar-refractivity contribution in [3.8, 4) is 11.5 Å². The van der Waals surface area contributed by atoms with Crippen LogP contribution in [0.15, 0.2) is 90.2 Å². The molecule has 6 nitrogen and oxygen atoms in total. The van der Waals surface area contributed by atoms with Gasteiger partial charge in [0.15, 0.2) is 6.61 Å². The standard InChI is InChI=1S/C27H22ClN3O3/c1-33-22-13-9-19(10-14-22)24-16-23(18-7-11-21(28)12-8-18)30-31(24)26(32)17-34-25-6-2-4-20-5-3-15-29-27(20)25/h2-15,24H,16-17H2,1H3. The minimum Gasteiger partial charge on any atom is -0.497 e. The molecule has 34 heavy (non-hydrogen) atoms. The minimum atomic E-state index is -0.252. The maximum atomic E-state index is 13.3. The Kier molecular flexibility index (Phi) is 6.14. The van der Waals surface area contributed by atoms with Gasteiger partial charge >= 0.3 is 0 Å². The number of rotatable bonds is 6. The Morgan fingerprint density at radius 2 is 1.79 bits per heavy atom. The first kappa shape index (κ1) is 21.9. The molecule has 0 spiro atoms. The zero-order valence-corrected chi connectivity index (χ0v) is 19.3. The van der Waals surface area contributed by atoms with Gasteiger partial charge in [-0.25, -0.2) is 5.01 Å². The third kappa shape index (κ3) is 4.45. The van der Waals surface area contributed by atoms with Gasteiger partial charge in [-0.2, -0.15) is 5.10 Å². The Bertz CT molecular complexity index is 1350. The van der Waals surface area contributed by atoms with Crippen LogP contribution in [-0.2, 0) is 4.79 Å². The van der Waals surface area contributed by atoms with Crippen molar-refractivity contribution in [1.82, 2.24) is 9.99 Å². The predicted molar refractivity (Wildman–Crippen MR) is 132 cm³/mol. The van der Waals surface area contributed by atoms with E-state index in [1.807, 2.05) is 78.9 Å². The minimum absolute atomic E-state index is 0.153. The third-order valence-electron chi connectivity index (χ3n) is 5.79. The number of benzene rings is 3. The number of methoxy groups -OCH3 is 1. The van der Waals surface area contributed by atoms with Crippen LogP contribution < -0.4 is 9.47 Å². The van der Waals surface area contributed by atoms with Gasteiger partial charge in [0.05, 0.1) is 18.9 Å². The van der Waals surface area contributed by atoms with Crippen LogP contribution in [0.1, 0.15) is 23.6 Å². The molecule has 0 fully saturated rings. The van der Waals surface area contributed by atoms with E-state index in [4.69, 9.17) is 26.2 Å². The van der Waals surface area contributed by atoms with Crippen molar-refractivity contribution in [2.24, 2.45) is 5.10 Å². The molecule has 1 aromatic heterocycles. The highest BCUT2D eigenvalue weighted by molar-refractivity contribution is 6.30. The normalized spacial score (nSPS) is 15.3. The molecule has 1 atom stereocenters. The highest BCUT2D eigenvalue weighted by Gasteiger charge is 2.33. The summed E-state index contributed by atoms with van der Waals surface area (Å²) in [5.41, 5.74) is 3.43. The predicted octanol–water partition coefficient (Wildman–Crippen LogP) is 5.65. The summed E-state index contributed by atoms with van der Waals surface area (Å²) >= 11 is 6.05. The summed E-state index contributed by atoms with van der Waals surface area (Å²) in [6.45, 7) is -0.153. The molecule has 0 bridgehead atoms. The van der Waals surface area contributed by atoms with E-state index in [1.165, 1.54) is 5.01 Å². The number of carbonyl (C=O) groups is 1. The average Bonchev–Trinajstić information content (AvgIpc) is 3.33. The maximum absolute atomic E-state index is 13.3. The molecule has 0 radical (unpaired) electrons. The van der Waals surface area contributed by atoms with Gasteiger partial charge < -0.3 is 9.47 Å². The molecule has 5 rings (SSSR count). The molecule has 2 heterocycles. The smallest absolute Gasteiger partial charge is 0.281 e. The van der Waals surface area contributed by atoms with Gasteiger partial charge in [0.25, 0.3) is 5.91 Å². The highest BCUT2D eigenvalue weighted by Crippen LogP contribution is 2.34. The van der Waals surface area contributed by atoms with Gasteiger partial charge in [0, 0.05) is 23.0 Å². The first-order chi connectivity index (χ1) is 16.6. The summed E-state index contributed by atoms with van der Waals surface area (Å²) in [6.07, 6.45) is 2.29. The second-order valence-corrected chi connectivity index (χ2v) is 8.34. The van der Waals surface area contributed by atoms with E-state index in [1.54, 1.807) is 13.3 Å². The molecular formula is C27H22ClN3O3. The Labute approximate surface area is 202 Å². The molecule has 1 aliphatic rings. The molecular weight excluding hydrogens is 450 g/mol. The summed E-state index contributed by atoms with van der Waals surface area (Å²) in [7, 11) is 1.63. The van der Waals surface area contributed by atoms with Crippen LogP contribution in [-0.4, -0.2) is 35.3 Å². The van der Waals surface area contributed by atoms with E-state index in [-0.39, 0.29) is 18.6 Å². The Balaban J connectivity index is 1.41. The number of hydrogen-bond donors (Lipinski definition) is 0. The van der Waals surface area contributed by atoms with Crippen LogP contribution in [0.25, 0.3) is 10.9 Å². The van der Waals surface area contributed by atoms with Gasteiger partial charge in [0.1, 0.15) is 17.0 Å². The fraction of sp³-hybridized carbons (Fsp3) is 0.148. The number of para-hydroxylation sites is 1. The lowest BCUT2D eigenvalue weighted by atomic mass is 9.98. The van der Waals surface area contributed by atoms with Crippen molar-refractivity contribution in [2.45, 2.75) is 12.5 Å². The van der Waals surface area contributed by atoms with E-state index in [0.29, 0.717) is 17.2 Å². The number of amides is 1. The lowest BCUT2D eigenvalue weighted by molar-refractivity contribution is -0.135. The molecule has 0 N–H and O–H groups in total. The van der Waals surface area contributed by atoms with Gasteiger partial charge in [-0.3, -0.25) is 9.78 Å². The number of carbonyl (C=O) groups excluding carboxylic acids is 1. The number of nitrogens with zero attached hydrogens (tertiary/aromatic N) is 3. The van der Waals surface area contributed by atoms with Gasteiger partial charge in [-0.15, -0.1) is 0 Å². The van der Waals surface area contributed by atoms with E-state index in [9.17, 15) is 4.79 Å². The number of aromatic nitrogens is 1. The lowest BCUT2D eigenvalue weighted by Gasteiger charge is -2.22. The summed E-state index contributed by atoms with van der Waals surface area (Å²) in [4.78, 5) is 17.7. The second-order valence-electron chi connectivity index (χ2n) is 7.90. The van der Waals surface area contributed by atoms with Crippen molar-refractivity contribution in [3.63, 3.8) is 0 Å². The summed E-state index contributed by atoms with van der Waals surface area (Å²) in [5.74, 6) is 1.08. The van der Waals surface area contributed by atoms with E-state index in [0.717, 1.165) is 33.5 Å². The molecule has 0 saturated heterocycles. The van der Waals surface area contributed by atoms with Crippen LogP contribution in [0.3, 0.4) is 0 Å². The Hall–Kier alpha value is -3.90. The van der Waals surface area contributed by atoms with E-state index >= 15 is 0 Å². The van der Waals surface area contributed by atoms with Crippen LogP contribution in [0, 0.1) is 0 Å². The van der Waals surface area contributed by atoms with Crippen LogP contribution in [0.5, 0.6) is 11.5 Å². The summed E-state index contributed by atoms with van der Waals surface area (Å²) in [5, 5.41) is 7.82. The third-order valence-corrected chi connectivity index (χ3v) is 6.04. The van der Waals surface area contributed by atoms with E-state index in [2.05, 4.69) is 4.98 Å². The van der Waals surface area contributed by atoms with Gasteiger partial charge in [-0.05, 0) is 47.5 Å². The monoisotopic (exact) mass is 471 g/mol. The van der Waals surface area contributed by atoms with Gasteiger partial charge in [0.2, 0.25) is 0 Å². The molecule has 7 heteroatoms. The molecule has 0 aliphatic carbocycles. The number of halogens is 1. The average molecular weight is 472 g/mol. The second kappa shape index (κ2) is 9.53. The molecule has 1 aliphatic heterocycles. The maximum Gasteiger partial charge on any atom is 0.281 e. The molecule has 3 aromatic carbocycles. The lowest BCUT2D eigenvalue weighted by Crippen LogP contribution is -2.31. The molecule has 1 unspecified atom stereocenters. The first-order valence-corrected chi connectivity index (χ1v) is 11.3. The van der Waals surface area contributed by atoms with Crippen molar-refractivity contribution in [1.29, 1.82) is 0 Å². The summed E-state index contributed by atoms with van der Waals surface area (Å²) in [6, 6.07) is 24.4. The van der Waals surface area contributed by atoms with Crippen molar-refractivity contribution in [3.05, 3.63) is 101 Å². The van der Waals surface area contributed by atoms with Crippen LogP contribution in [0.4, 0.5) is 0 Å². The van der Waals surface area contributed by atoms with Gasteiger partial charge in [-0.1, -0.05) is 54.1 Å². The molecule has 1 amide bonds.